The topological polar surface area (TPSA) is 56.1 Å². The third-order valence-electron chi connectivity index (χ3n) is 3.68. The van der Waals surface area contributed by atoms with Gasteiger partial charge in [-0.15, -0.1) is 0 Å². The fourth-order valence-corrected chi connectivity index (χ4v) is 2.56. The second kappa shape index (κ2) is 7.91. The first-order valence-corrected chi connectivity index (χ1v) is 8.05. The predicted octanol–water partition coefficient (Wildman–Crippen LogP) is 3.78. The van der Waals surface area contributed by atoms with Crippen molar-refractivity contribution >= 4 is 27.5 Å². The number of carbonyl (C=O) groups excluding carboxylic acids is 1. The van der Waals surface area contributed by atoms with Crippen LogP contribution in [0.2, 0.25) is 0 Å². The molecule has 1 amide bonds. The normalized spacial score (nSPS) is 11.8. The van der Waals surface area contributed by atoms with Gasteiger partial charge in [0.2, 0.25) is 5.91 Å². The van der Waals surface area contributed by atoms with E-state index >= 15 is 0 Å². The van der Waals surface area contributed by atoms with E-state index < -0.39 is 0 Å². The van der Waals surface area contributed by atoms with Crippen LogP contribution in [0.5, 0.6) is 0 Å². The van der Waals surface area contributed by atoms with Gasteiger partial charge < -0.3 is 5.32 Å². The number of nitrogens with zero attached hydrogens (tertiary/aromatic N) is 2. The van der Waals surface area contributed by atoms with Crippen molar-refractivity contribution in [2.75, 3.05) is 12.4 Å². The molecule has 23 heavy (non-hydrogen) atoms. The molecule has 0 aromatic heterocycles. The SMILES string of the molecule is C[C@@H](C(=O)Nc1cccc(C#N)c1)N(C)Cc1ccccc1Br. The molecule has 0 aliphatic carbocycles. The highest BCUT2D eigenvalue weighted by Gasteiger charge is 2.19. The third kappa shape index (κ3) is 4.65. The van der Waals surface area contributed by atoms with Crippen LogP contribution in [0.15, 0.2) is 53.0 Å². The molecule has 0 saturated carbocycles. The van der Waals surface area contributed by atoms with Gasteiger partial charge in [-0.3, -0.25) is 9.69 Å². The third-order valence-corrected chi connectivity index (χ3v) is 4.45. The molecule has 1 atom stereocenters. The summed E-state index contributed by atoms with van der Waals surface area (Å²) in [7, 11) is 1.91. The summed E-state index contributed by atoms with van der Waals surface area (Å²) in [6.07, 6.45) is 0. The Morgan fingerprint density at radius 1 is 1.30 bits per heavy atom. The quantitative estimate of drug-likeness (QED) is 0.869. The Kier molecular flexibility index (Phi) is 5.91. The second-order valence-electron chi connectivity index (χ2n) is 5.36. The van der Waals surface area contributed by atoms with E-state index in [-0.39, 0.29) is 11.9 Å². The Morgan fingerprint density at radius 2 is 2.04 bits per heavy atom. The number of benzene rings is 2. The zero-order valence-electron chi connectivity index (χ0n) is 13.1. The van der Waals surface area contributed by atoms with E-state index in [2.05, 4.69) is 27.3 Å². The summed E-state index contributed by atoms with van der Waals surface area (Å²) in [5.74, 6) is -0.102. The highest BCUT2D eigenvalue weighted by molar-refractivity contribution is 9.10. The van der Waals surface area contributed by atoms with Crippen LogP contribution in [0.25, 0.3) is 0 Å². The molecule has 2 aromatic rings. The van der Waals surface area contributed by atoms with Crippen LogP contribution in [0, 0.1) is 11.3 Å². The van der Waals surface area contributed by atoms with Crippen molar-refractivity contribution in [1.29, 1.82) is 5.26 Å². The van der Waals surface area contributed by atoms with Crippen LogP contribution >= 0.6 is 15.9 Å². The van der Waals surface area contributed by atoms with Gasteiger partial charge in [0.15, 0.2) is 0 Å². The summed E-state index contributed by atoms with van der Waals surface area (Å²) in [5.41, 5.74) is 2.29. The molecular weight excluding hydrogens is 354 g/mol. The van der Waals surface area contributed by atoms with Crippen molar-refractivity contribution in [3.05, 3.63) is 64.1 Å². The number of amides is 1. The van der Waals surface area contributed by atoms with Crippen LogP contribution < -0.4 is 5.32 Å². The van der Waals surface area contributed by atoms with Crippen LogP contribution in [0.3, 0.4) is 0 Å². The molecule has 0 saturated heterocycles. The zero-order chi connectivity index (χ0) is 16.8. The van der Waals surface area contributed by atoms with E-state index in [1.54, 1.807) is 24.3 Å². The maximum absolute atomic E-state index is 12.4. The van der Waals surface area contributed by atoms with Gasteiger partial charge in [-0.25, -0.2) is 0 Å². The summed E-state index contributed by atoms with van der Waals surface area (Å²) in [4.78, 5) is 14.4. The number of likely N-dealkylation sites (N-methyl/N-ethyl adjacent to an activating group) is 1. The van der Waals surface area contributed by atoms with Crippen LogP contribution in [0.1, 0.15) is 18.1 Å². The maximum Gasteiger partial charge on any atom is 0.241 e. The van der Waals surface area contributed by atoms with Gasteiger partial charge >= 0.3 is 0 Å². The van der Waals surface area contributed by atoms with E-state index in [1.165, 1.54) is 0 Å². The van der Waals surface area contributed by atoms with E-state index in [1.807, 2.05) is 43.1 Å². The van der Waals surface area contributed by atoms with Gasteiger partial charge in [0, 0.05) is 16.7 Å². The standard InChI is InChI=1S/C18H18BrN3O/c1-13(22(2)12-15-7-3-4-9-17(15)19)18(23)21-16-8-5-6-14(10-16)11-20/h3-10,13H,12H2,1-2H3,(H,21,23)/t13-/m0/s1. The Labute approximate surface area is 144 Å². The van der Waals surface area contributed by atoms with Crippen molar-refractivity contribution < 1.29 is 4.79 Å². The molecule has 2 rings (SSSR count). The van der Waals surface area contributed by atoms with E-state index in [4.69, 9.17) is 5.26 Å². The maximum atomic E-state index is 12.4. The Bertz CT molecular complexity index is 739. The predicted molar refractivity (Wildman–Crippen MR) is 94.9 cm³/mol. The highest BCUT2D eigenvalue weighted by atomic mass is 79.9. The lowest BCUT2D eigenvalue weighted by atomic mass is 10.1. The molecule has 4 nitrogen and oxygen atoms in total. The summed E-state index contributed by atoms with van der Waals surface area (Å²) in [6.45, 7) is 2.52. The Hall–Kier alpha value is -2.16. The number of rotatable bonds is 5. The molecule has 0 spiro atoms. The van der Waals surface area contributed by atoms with Crippen molar-refractivity contribution in [3.8, 4) is 6.07 Å². The largest absolute Gasteiger partial charge is 0.325 e. The molecule has 0 fully saturated rings. The fraction of sp³-hybridized carbons (Fsp3) is 0.222. The molecule has 0 bridgehead atoms. The number of nitriles is 1. The Balaban J connectivity index is 2.01. The lowest BCUT2D eigenvalue weighted by Crippen LogP contribution is -2.39. The summed E-state index contributed by atoms with van der Waals surface area (Å²) in [6, 6.07) is 16.6. The van der Waals surface area contributed by atoms with Gasteiger partial charge in [-0.2, -0.15) is 5.26 Å². The first-order valence-electron chi connectivity index (χ1n) is 7.26. The number of carbonyl (C=O) groups is 1. The van der Waals surface area contributed by atoms with Gasteiger partial charge in [-0.05, 0) is 43.8 Å². The number of nitrogens with one attached hydrogen (secondary N) is 1. The minimum absolute atomic E-state index is 0.102. The molecule has 2 aromatic carbocycles. The van der Waals surface area contributed by atoms with Crippen molar-refractivity contribution in [3.63, 3.8) is 0 Å². The smallest absolute Gasteiger partial charge is 0.241 e. The first kappa shape index (κ1) is 17.2. The second-order valence-corrected chi connectivity index (χ2v) is 6.22. The van der Waals surface area contributed by atoms with Crippen molar-refractivity contribution in [2.45, 2.75) is 19.5 Å². The molecule has 0 unspecified atom stereocenters. The molecule has 0 aliphatic heterocycles. The van der Waals surface area contributed by atoms with Crippen LogP contribution in [0.4, 0.5) is 5.69 Å². The average Bonchev–Trinajstić information content (AvgIpc) is 2.56. The minimum Gasteiger partial charge on any atom is -0.325 e. The summed E-state index contributed by atoms with van der Waals surface area (Å²) in [5, 5.41) is 11.8. The molecular formula is C18H18BrN3O. The molecule has 0 heterocycles. The number of anilines is 1. The lowest BCUT2D eigenvalue weighted by Gasteiger charge is -2.24. The Morgan fingerprint density at radius 3 is 2.74 bits per heavy atom. The summed E-state index contributed by atoms with van der Waals surface area (Å²) >= 11 is 3.52. The van der Waals surface area contributed by atoms with E-state index in [0.29, 0.717) is 17.8 Å². The molecule has 5 heteroatoms. The number of hydrogen-bond acceptors (Lipinski definition) is 3. The van der Waals surface area contributed by atoms with Gasteiger partial charge in [-0.1, -0.05) is 40.2 Å². The summed E-state index contributed by atoms with van der Waals surface area (Å²) < 4.78 is 1.03. The van der Waals surface area contributed by atoms with Gasteiger partial charge in [0.25, 0.3) is 0 Å². The molecule has 0 aliphatic rings. The average molecular weight is 372 g/mol. The fourth-order valence-electron chi connectivity index (χ4n) is 2.15. The van der Waals surface area contributed by atoms with Gasteiger partial charge in [0.05, 0.1) is 17.7 Å². The van der Waals surface area contributed by atoms with E-state index in [0.717, 1.165) is 10.0 Å². The molecule has 0 radical (unpaired) electrons. The number of hydrogen-bond donors (Lipinski definition) is 1. The van der Waals surface area contributed by atoms with E-state index in [9.17, 15) is 4.79 Å². The first-order chi connectivity index (χ1) is 11.0. The van der Waals surface area contributed by atoms with Crippen LogP contribution in [-0.4, -0.2) is 23.9 Å². The number of halogens is 1. The zero-order valence-corrected chi connectivity index (χ0v) is 14.7. The molecule has 118 valence electrons. The minimum atomic E-state index is -0.298. The lowest BCUT2D eigenvalue weighted by molar-refractivity contribution is -0.120. The van der Waals surface area contributed by atoms with Crippen molar-refractivity contribution in [2.24, 2.45) is 0 Å². The highest BCUT2D eigenvalue weighted by Crippen LogP contribution is 2.18. The van der Waals surface area contributed by atoms with Gasteiger partial charge in [0.1, 0.15) is 0 Å². The molecule has 1 N–H and O–H groups in total. The van der Waals surface area contributed by atoms with Crippen LogP contribution in [-0.2, 0) is 11.3 Å². The van der Waals surface area contributed by atoms with Crippen molar-refractivity contribution in [1.82, 2.24) is 4.90 Å². The monoisotopic (exact) mass is 371 g/mol.